The standard InChI is InChI=1S/C10H7BrN2O3S/c1-5-12-13-10(17-5)16-8-4-6(11)2-3-7(8)9(14)15/h2-4H,1H3,(H,14,15). The van der Waals surface area contributed by atoms with Gasteiger partial charge in [-0.2, -0.15) is 0 Å². The SMILES string of the molecule is Cc1nnc(Oc2cc(Br)ccc2C(=O)O)s1. The molecule has 0 fully saturated rings. The lowest BCUT2D eigenvalue weighted by atomic mass is 10.2. The minimum atomic E-state index is -1.05. The number of aromatic nitrogens is 2. The van der Waals surface area contributed by atoms with E-state index in [1.54, 1.807) is 19.1 Å². The van der Waals surface area contributed by atoms with Crippen molar-refractivity contribution in [2.45, 2.75) is 6.92 Å². The second-order valence-corrected chi connectivity index (χ2v) is 5.19. The van der Waals surface area contributed by atoms with Gasteiger partial charge in [0.05, 0.1) is 0 Å². The maximum Gasteiger partial charge on any atom is 0.339 e. The Hall–Kier alpha value is -1.47. The van der Waals surface area contributed by atoms with Gasteiger partial charge in [0.15, 0.2) is 0 Å². The van der Waals surface area contributed by atoms with Crippen LogP contribution in [0.15, 0.2) is 22.7 Å². The number of carbonyl (C=O) groups is 1. The Bertz CT molecular complexity index is 570. The molecule has 17 heavy (non-hydrogen) atoms. The van der Waals surface area contributed by atoms with Gasteiger partial charge in [-0.05, 0) is 25.1 Å². The Labute approximate surface area is 109 Å². The molecule has 0 saturated heterocycles. The van der Waals surface area contributed by atoms with Crippen molar-refractivity contribution in [2.24, 2.45) is 0 Å². The quantitative estimate of drug-likeness (QED) is 0.942. The minimum Gasteiger partial charge on any atom is -0.478 e. The second kappa shape index (κ2) is 4.80. The molecule has 0 aliphatic carbocycles. The fourth-order valence-corrected chi connectivity index (χ4v) is 2.06. The molecule has 1 heterocycles. The van der Waals surface area contributed by atoms with Crippen LogP contribution in [0.5, 0.6) is 10.9 Å². The summed E-state index contributed by atoms with van der Waals surface area (Å²) in [5.41, 5.74) is 0.0843. The van der Waals surface area contributed by atoms with Crippen LogP contribution in [0.3, 0.4) is 0 Å². The summed E-state index contributed by atoms with van der Waals surface area (Å²) in [6.45, 7) is 1.80. The van der Waals surface area contributed by atoms with Crippen LogP contribution in [0.1, 0.15) is 15.4 Å². The fraction of sp³-hybridized carbons (Fsp3) is 0.100. The van der Waals surface area contributed by atoms with E-state index >= 15 is 0 Å². The first-order chi connectivity index (χ1) is 8.06. The minimum absolute atomic E-state index is 0.0843. The lowest BCUT2D eigenvalue weighted by Gasteiger charge is -2.05. The molecule has 1 aromatic carbocycles. The van der Waals surface area contributed by atoms with Gasteiger partial charge in [0.2, 0.25) is 0 Å². The number of hydrogen-bond acceptors (Lipinski definition) is 5. The lowest BCUT2D eigenvalue weighted by molar-refractivity contribution is 0.0694. The number of carboxylic acid groups (broad SMARTS) is 1. The highest BCUT2D eigenvalue weighted by molar-refractivity contribution is 9.10. The first kappa shape index (κ1) is 12.0. The lowest BCUT2D eigenvalue weighted by Crippen LogP contribution is -1.99. The maximum absolute atomic E-state index is 11.0. The van der Waals surface area contributed by atoms with Crippen LogP contribution in [-0.2, 0) is 0 Å². The number of halogens is 1. The van der Waals surface area contributed by atoms with Crippen molar-refractivity contribution in [1.29, 1.82) is 0 Å². The zero-order chi connectivity index (χ0) is 12.4. The number of aromatic carboxylic acids is 1. The summed E-state index contributed by atoms with van der Waals surface area (Å²) >= 11 is 4.51. The zero-order valence-corrected chi connectivity index (χ0v) is 11.1. The number of nitrogens with zero attached hydrogens (tertiary/aromatic N) is 2. The summed E-state index contributed by atoms with van der Waals surface area (Å²) < 4.78 is 6.14. The summed E-state index contributed by atoms with van der Waals surface area (Å²) in [6.07, 6.45) is 0. The van der Waals surface area contributed by atoms with Crippen LogP contribution in [0.25, 0.3) is 0 Å². The molecule has 0 saturated carbocycles. The van der Waals surface area contributed by atoms with E-state index in [1.165, 1.54) is 17.4 Å². The highest BCUT2D eigenvalue weighted by Crippen LogP contribution is 2.30. The molecule has 0 aliphatic rings. The Balaban J connectivity index is 2.37. The van der Waals surface area contributed by atoms with Gasteiger partial charge in [0, 0.05) is 4.47 Å². The van der Waals surface area contributed by atoms with Crippen LogP contribution in [0.4, 0.5) is 0 Å². The molecule has 1 aromatic heterocycles. The molecule has 0 aliphatic heterocycles. The average molecular weight is 315 g/mol. The molecule has 88 valence electrons. The number of rotatable bonds is 3. The number of carboxylic acids is 1. The van der Waals surface area contributed by atoms with E-state index in [9.17, 15) is 4.79 Å². The first-order valence-electron chi connectivity index (χ1n) is 4.57. The van der Waals surface area contributed by atoms with Crippen molar-refractivity contribution in [3.63, 3.8) is 0 Å². The number of ether oxygens (including phenoxy) is 1. The van der Waals surface area contributed by atoms with Gasteiger partial charge in [0.25, 0.3) is 5.19 Å². The molecule has 7 heteroatoms. The van der Waals surface area contributed by atoms with E-state index in [4.69, 9.17) is 9.84 Å². The molecule has 0 atom stereocenters. The van der Waals surface area contributed by atoms with Gasteiger partial charge in [0.1, 0.15) is 16.3 Å². The molecule has 0 radical (unpaired) electrons. The van der Waals surface area contributed by atoms with Gasteiger partial charge in [-0.3, -0.25) is 0 Å². The summed E-state index contributed by atoms with van der Waals surface area (Å²) in [6, 6.07) is 4.69. The number of benzene rings is 1. The van der Waals surface area contributed by atoms with Crippen molar-refractivity contribution in [3.05, 3.63) is 33.2 Å². The van der Waals surface area contributed by atoms with Crippen molar-refractivity contribution in [3.8, 4) is 10.9 Å². The number of hydrogen-bond donors (Lipinski definition) is 1. The Morgan fingerprint density at radius 3 is 2.82 bits per heavy atom. The summed E-state index contributed by atoms with van der Waals surface area (Å²) in [4.78, 5) is 11.0. The fourth-order valence-electron chi connectivity index (χ4n) is 1.17. The largest absolute Gasteiger partial charge is 0.478 e. The summed E-state index contributed by atoms with van der Waals surface area (Å²) in [5, 5.41) is 17.7. The molecule has 0 spiro atoms. The molecule has 1 N–H and O–H groups in total. The zero-order valence-electron chi connectivity index (χ0n) is 8.68. The molecular formula is C10H7BrN2O3S. The summed E-state index contributed by atoms with van der Waals surface area (Å²) in [5.74, 6) is -0.809. The first-order valence-corrected chi connectivity index (χ1v) is 6.18. The van der Waals surface area contributed by atoms with Crippen LogP contribution in [0.2, 0.25) is 0 Å². The van der Waals surface area contributed by atoms with Gasteiger partial charge >= 0.3 is 5.97 Å². The van der Waals surface area contributed by atoms with E-state index in [0.29, 0.717) is 5.19 Å². The van der Waals surface area contributed by atoms with Crippen LogP contribution in [-0.4, -0.2) is 21.3 Å². The maximum atomic E-state index is 11.0. The topological polar surface area (TPSA) is 72.3 Å². The molecule has 0 amide bonds. The third-order valence-electron chi connectivity index (χ3n) is 1.88. The summed E-state index contributed by atoms with van der Waals surface area (Å²) in [7, 11) is 0. The Kier molecular flexibility index (Phi) is 3.39. The highest BCUT2D eigenvalue weighted by Gasteiger charge is 2.14. The van der Waals surface area contributed by atoms with Crippen LogP contribution < -0.4 is 4.74 Å². The van der Waals surface area contributed by atoms with E-state index in [2.05, 4.69) is 26.1 Å². The van der Waals surface area contributed by atoms with Crippen LogP contribution in [0, 0.1) is 6.92 Å². The normalized spacial score (nSPS) is 10.2. The molecular weight excluding hydrogens is 308 g/mol. The molecule has 5 nitrogen and oxygen atoms in total. The molecule has 0 unspecified atom stereocenters. The second-order valence-electron chi connectivity index (χ2n) is 3.13. The molecule has 0 bridgehead atoms. The van der Waals surface area contributed by atoms with Crippen molar-refractivity contribution >= 4 is 33.2 Å². The average Bonchev–Trinajstić information content (AvgIpc) is 2.63. The van der Waals surface area contributed by atoms with Crippen molar-refractivity contribution in [1.82, 2.24) is 10.2 Å². The predicted octanol–water partition coefficient (Wildman–Crippen LogP) is 3.10. The smallest absolute Gasteiger partial charge is 0.339 e. The highest BCUT2D eigenvalue weighted by atomic mass is 79.9. The monoisotopic (exact) mass is 314 g/mol. The third kappa shape index (κ3) is 2.80. The van der Waals surface area contributed by atoms with Crippen molar-refractivity contribution in [2.75, 3.05) is 0 Å². The van der Waals surface area contributed by atoms with E-state index in [0.717, 1.165) is 9.48 Å². The predicted molar refractivity (Wildman–Crippen MR) is 65.8 cm³/mol. The van der Waals surface area contributed by atoms with Crippen molar-refractivity contribution < 1.29 is 14.6 Å². The van der Waals surface area contributed by atoms with Gasteiger partial charge < -0.3 is 9.84 Å². The van der Waals surface area contributed by atoms with Gasteiger partial charge in [-0.1, -0.05) is 32.4 Å². The van der Waals surface area contributed by atoms with E-state index in [-0.39, 0.29) is 11.3 Å². The third-order valence-corrected chi connectivity index (χ3v) is 3.09. The number of aryl methyl sites for hydroxylation is 1. The molecule has 2 rings (SSSR count). The van der Waals surface area contributed by atoms with Gasteiger partial charge in [-0.15, -0.1) is 5.10 Å². The van der Waals surface area contributed by atoms with E-state index in [1.807, 2.05) is 0 Å². The van der Waals surface area contributed by atoms with E-state index < -0.39 is 5.97 Å². The molecule has 2 aromatic rings. The Morgan fingerprint density at radius 1 is 1.47 bits per heavy atom. The van der Waals surface area contributed by atoms with Crippen LogP contribution >= 0.6 is 27.3 Å². The van der Waals surface area contributed by atoms with Gasteiger partial charge in [-0.25, -0.2) is 4.79 Å². The Morgan fingerprint density at radius 2 is 2.24 bits per heavy atom.